The zero-order valence-corrected chi connectivity index (χ0v) is 6.79. The van der Waals surface area contributed by atoms with Gasteiger partial charge in [-0.05, 0) is 0 Å². The molecule has 1 amide bonds. The summed E-state index contributed by atoms with van der Waals surface area (Å²) in [7, 11) is 0. The molecular formula is C8H11BN2O. The van der Waals surface area contributed by atoms with Gasteiger partial charge < -0.3 is 0 Å². The number of nitrogens with two attached hydrogens (primary N) is 1. The Kier molecular flexibility index (Phi) is 3.48. The van der Waals surface area contributed by atoms with Gasteiger partial charge in [0, 0.05) is 0 Å². The van der Waals surface area contributed by atoms with Gasteiger partial charge in [0.1, 0.15) is 0 Å². The van der Waals surface area contributed by atoms with Gasteiger partial charge in [-0.25, -0.2) is 0 Å². The Morgan fingerprint density at radius 2 is 2.50 bits per heavy atom. The molecule has 12 heavy (non-hydrogen) atoms. The molecule has 1 rings (SSSR count). The van der Waals surface area contributed by atoms with Crippen LogP contribution in [0.1, 0.15) is 6.42 Å². The van der Waals surface area contributed by atoms with Crippen LogP contribution in [0.15, 0.2) is 24.3 Å². The summed E-state index contributed by atoms with van der Waals surface area (Å²) in [6.07, 6.45) is 9.06. The number of amides is 1. The van der Waals surface area contributed by atoms with Crippen LogP contribution >= 0.6 is 0 Å². The summed E-state index contributed by atoms with van der Waals surface area (Å²) < 4.78 is 0. The van der Waals surface area contributed by atoms with Gasteiger partial charge in [-0.15, -0.1) is 0 Å². The van der Waals surface area contributed by atoms with Crippen LogP contribution in [0.2, 0.25) is 6.32 Å². The SMILES string of the molecule is NNC(=O)CC1=BCC=CC=C1. The molecule has 0 bridgehead atoms. The molecule has 0 fully saturated rings. The maximum atomic E-state index is 10.9. The molecule has 0 saturated carbocycles. The molecule has 3 N–H and O–H groups in total. The van der Waals surface area contributed by atoms with Crippen LogP contribution in [0.3, 0.4) is 0 Å². The molecular weight excluding hydrogens is 151 g/mol. The molecule has 62 valence electrons. The van der Waals surface area contributed by atoms with Crippen molar-refractivity contribution in [2.24, 2.45) is 5.84 Å². The van der Waals surface area contributed by atoms with Crippen LogP contribution in [-0.4, -0.2) is 18.3 Å². The van der Waals surface area contributed by atoms with Gasteiger partial charge in [0.15, 0.2) is 0 Å². The third-order valence-corrected chi connectivity index (χ3v) is 1.60. The minimum atomic E-state index is -0.159. The van der Waals surface area contributed by atoms with Crippen molar-refractivity contribution in [1.29, 1.82) is 0 Å². The molecule has 1 aliphatic rings. The van der Waals surface area contributed by atoms with Gasteiger partial charge in [-0.2, -0.15) is 0 Å². The normalized spacial score (nSPS) is 14.6. The van der Waals surface area contributed by atoms with E-state index in [0.29, 0.717) is 6.42 Å². The zero-order chi connectivity index (χ0) is 8.81. The number of nitrogens with one attached hydrogen (secondary N) is 1. The Hall–Kier alpha value is -1.16. The van der Waals surface area contributed by atoms with Crippen molar-refractivity contribution < 1.29 is 4.79 Å². The number of rotatable bonds is 2. The van der Waals surface area contributed by atoms with Crippen LogP contribution in [0.4, 0.5) is 0 Å². The van der Waals surface area contributed by atoms with E-state index in [1.54, 1.807) is 0 Å². The van der Waals surface area contributed by atoms with Crippen molar-refractivity contribution in [2.45, 2.75) is 12.7 Å². The number of allylic oxidation sites excluding steroid dienone is 4. The summed E-state index contributed by atoms with van der Waals surface area (Å²) in [4.78, 5) is 10.9. The van der Waals surface area contributed by atoms with Gasteiger partial charge in [0.2, 0.25) is 0 Å². The average Bonchev–Trinajstić information content (AvgIpc) is 2.33. The van der Waals surface area contributed by atoms with Gasteiger partial charge in [0.25, 0.3) is 0 Å². The molecule has 0 radical (unpaired) electrons. The minimum absolute atomic E-state index is 0.159. The average molecular weight is 162 g/mol. The second-order valence-corrected chi connectivity index (χ2v) is 2.55. The van der Waals surface area contributed by atoms with Crippen molar-refractivity contribution in [2.75, 3.05) is 0 Å². The standard InChI is InChI=1S/C8H11BN2O/c10-11-8(12)6-7-4-2-1-3-5-9-7/h1-4H,5-6,10H2,(H,11,12). The first-order chi connectivity index (χ1) is 5.83. The summed E-state index contributed by atoms with van der Waals surface area (Å²) in [6.45, 7) is 2.01. The van der Waals surface area contributed by atoms with E-state index in [1.807, 2.05) is 31.2 Å². The van der Waals surface area contributed by atoms with E-state index in [0.717, 1.165) is 11.8 Å². The Balaban J connectivity index is 2.52. The van der Waals surface area contributed by atoms with Crippen LogP contribution in [0, 0.1) is 0 Å². The van der Waals surface area contributed by atoms with E-state index in [1.165, 1.54) is 0 Å². The van der Waals surface area contributed by atoms with Crippen molar-refractivity contribution in [3.05, 3.63) is 24.3 Å². The molecule has 0 aliphatic carbocycles. The fraction of sp³-hybridized carbons (Fsp3) is 0.250. The fourth-order valence-corrected chi connectivity index (χ4v) is 0.991. The van der Waals surface area contributed by atoms with E-state index in [4.69, 9.17) is 5.84 Å². The predicted octanol–water partition coefficient (Wildman–Crippen LogP) is -0.213. The molecule has 0 spiro atoms. The van der Waals surface area contributed by atoms with E-state index in [-0.39, 0.29) is 5.91 Å². The third kappa shape index (κ3) is 2.84. The van der Waals surface area contributed by atoms with Crippen molar-refractivity contribution in [1.82, 2.24) is 5.43 Å². The number of hydrogen-bond acceptors (Lipinski definition) is 2. The first kappa shape index (κ1) is 8.94. The Labute approximate surface area is 72.2 Å². The molecule has 3 nitrogen and oxygen atoms in total. The monoisotopic (exact) mass is 162 g/mol. The summed E-state index contributed by atoms with van der Waals surface area (Å²) in [5.41, 5.74) is 3.10. The molecule has 0 aromatic carbocycles. The van der Waals surface area contributed by atoms with Crippen molar-refractivity contribution >= 4 is 18.3 Å². The molecule has 0 saturated heterocycles. The van der Waals surface area contributed by atoms with Gasteiger partial charge in [-0.3, -0.25) is 0 Å². The molecule has 0 aromatic rings. The van der Waals surface area contributed by atoms with E-state index in [9.17, 15) is 4.79 Å². The Morgan fingerprint density at radius 1 is 1.67 bits per heavy atom. The van der Waals surface area contributed by atoms with Crippen molar-refractivity contribution in [3.63, 3.8) is 0 Å². The second kappa shape index (κ2) is 4.67. The molecule has 1 heterocycles. The molecule has 0 atom stereocenters. The predicted molar refractivity (Wildman–Crippen MR) is 50.8 cm³/mol. The van der Waals surface area contributed by atoms with E-state index >= 15 is 0 Å². The van der Waals surface area contributed by atoms with E-state index < -0.39 is 0 Å². The second-order valence-electron chi connectivity index (χ2n) is 2.55. The topological polar surface area (TPSA) is 55.1 Å². The van der Waals surface area contributed by atoms with Gasteiger partial charge in [0.05, 0.1) is 0 Å². The molecule has 0 unspecified atom stereocenters. The summed E-state index contributed by atoms with van der Waals surface area (Å²) in [5.74, 6) is 4.80. The van der Waals surface area contributed by atoms with Crippen LogP contribution < -0.4 is 11.3 Å². The number of hydrogen-bond donors (Lipinski definition) is 2. The number of carbonyl (C=O) groups is 1. The molecule has 0 aromatic heterocycles. The summed E-state index contributed by atoms with van der Waals surface area (Å²) in [6, 6.07) is 0. The number of hydrazine groups is 1. The van der Waals surface area contributed by atoms with Gasteiger partial charge in [-0.1, -0.05) is 0 Å². The van der Waals surface area contributed by atoms with Crippen LogP contribution in [0.25, 0.3) is 0 Å². The van der Waals surface area contributed by atoms with E-state index in [2.05, 4.69) is 5.43 Å². The molecule has 1 aliphatic heterocycles. The Morgan fingerprint density at radius 3 is 3.25 bits per heavy atom. The summed E-state index contributed by atoms with van der Waals surface area (Å²) >= 11 is 0. The number of carbonyl (C=O) groups excluding carboxylic acids is 1. The third-order valence-electron chi connectivity index (χ3n) is 1.60. The summed E-state index contributed by atoms with van der Waals surface area (Å²) in [5, 5.41) is 0. The van der Waals surface area contributed by atoms with Crippen molar-refractivity contribution in [3.8, 4) is 0 Å². The Bertz CT molecular complexity index is 256. The first-order valence-corrected chi connectivity index (χ1v) is 3.84. The van der Waals surface area contributed by atoms with Crippen LogP contribution in [-0.2, 0) is 4.79 Å². The fourth-order valence-electron chi connectivity index (χ4n) is 0.991. The molecule has 4 heteroatoms. The zero-order valence-electron chi connectivity index (χ0n) is 6.79. The van der Waals surface area contributed by atoms with Gasteiger partial charge >= 0.3 is 71.4 Å². The first-order valence-electron chi connectivity index (χ1n) is 3.84. The van der Waals surface area contributed by atoms with Crippen LogP contribution in [0.5, 0.6) is 0 Å². The quantitative estimate of drug-likeness (QED) is 0.255. The maximum absolute atomic E-state index is 10.9.